The Morgan fingerprint density at radius 1 is 1.28 bits per heavy atom. The molecular weight excluding hydrogens is 320 g/mol. The van der Waals surface area contributed by atoms with E-state index in [1.165, 1.54) is 0 Å². The van der Waals surface area contributed by atoms with Gasteiger partial charge < -0.3 is 15.4 Å². The van der Waals surface area contributed by atoms with Crippen LogP contribution >= 0.6 is 0 Å². The Hall–Kier alpha value is -2.67. The van der Waals surface area contributed by atoms with E-state index in [0.717, 1.165) is 5.69 Å². The number of amides is 2. The van der Waals surface area contributed by atoms with E-state index in [2.05, 4.69) is 5.10 Å². The van der Waals surface area contributed by atoms with Gasteiger partial charge in [0.15, 0.2) is 0 Å². The number of carbonyl (C=O) groups excluding carboxylic acids is 2. The summed E-state index contributed by atoms with van der Waals surface area (Å²) in [6, 6.07) is 9.58. The molecule has 132 valence electrons. The fourth-order valence-electron chi connectivity index (χ4n) is 3.29. The van der Waals surface area contributed by atoms with Gasteiger partial charge in [-0.3, -0.25) is 9.59 Å². The molecule has 0 radical (unpaired) electrons. The summed E-state index contributed by atoms with van der Waals surface area (Å²) in [5, 5.41) is 4.37. The first-order valence-corrected chi connectivity index (χ1v) is 8.22. The number of para-hydroxylation sites is 1. The van der Waals surface area contributed by atoms with Crippen molar-refractivity contribution in [1.29, 1.82) is 0 Å². The molecule has 1 aliphatic rings. The highest BCUT2D eigenvalue weighted by molar-refractivity contribution is 5.96. The van der Waals surface area contributed by atoms with E-state index in [-0.39, 0.29) is 30.3 Å². The average Bonchev–Trinajstić information content (AvgIpc) is 3.19. The van der Waals surface area contributed by atoms with E-state index in [4.69, 9.17) is 10.5 Å². The molecule has 1 saturated heterocycles. The fourth-order valence-corrected chi connectivity index (χ4v) is 3.29. The number of ether oxygens (including phenoxy) is 1. The van der Waals surface area contributed by atoms with Crippen LogP contribution in [0.2, 0.25) is 0 Å². The van der Waals surface area contributed by atoms with Crippen LogP contribution in [0.5, 0.6) is 0 Å². The number of hydrogen-bond donors (Lipinski definition) is 1. The Kier molecular flexibility index (Phi) is 4.85. The standard InChI is InChI=1S/C18H22N4O3/c1-12-9-21(10-15(12)17(19)23)18(24)14-8-20-22(16(14)11-25-2)13-6-4-3-5-7-13/h3-8,12,15H,9-11H2,1-2H3,(H2,19,23)/t12-,15-/m1/s1. The highest BCUT2D eigenvalue weighted by Crippen LogP contribution is 2.26. The summed E-state index contributed by atoms with van der Waals surface area (Å²) in [5.74, 6) is -0.764. The molecule has 0 saturated carbocycles. The summed E-state index contributed by atoms with van der Waals surface area (Å²) in [6.07, 6.45) is 1.56. The van der Waals surface area contributed by atoms with Crippen molar-refractivity contribution in [3.05, 3.63) is 47.8 Å². The maximum atomic E-state index is 13.0. The average molecular weight is 342 g/mol. The van der Waals surface area contributed by atoms with Crippen molar-refractivity contribution in [1.82, 2.24) is 14.7 Å². The number of hydrogen-bond acceptors (Lipinski definition) is 4. The van der Waals surface area contributed by atoms with Crippen LogP contribution in [-0.2, 0) is 16.1 Å². The number of methoxy groups -OCH3 is 1. The lowest BCUT2D eigenvalue weighted by atomic mass is 9.98. The van der Waals surface area contributed by atoms with Crippen LogP contribution in [0.1, 0.15) is 23.0 Å². The van der Waals surface area contributed by atoms with Gasteiger partial charge in [0.25, 0.3) is 5.91 Å². The van der Waals surface area contributed by atoms with Gasteiger partial charge in [-0.2, -0.15) is 5.10 Å². The van der Waals surface area contributed by atoms with E-state index in [1.807, 2.05) is 37.3 Å². The number of benzene rings is 1. The van der Waals surface area contributed by atoms with Crippen molar-refractivity contribution in [3.8, 4) is 5.69 Å². The molecule has 2 N–H and O–H groups in total. The number of likely N-dealkylation sites (tertiary alicyclic amines) is 1. The van der Waals surface area contributed by atoms with Crippen molar-refractivity contribution in [2.45, 2.75) is 13.5 Å². The number of carbonyl (C=O) groups is 2. The van der Waals surface area contributed by atoms with Crippen molar-refractivity contribution in [2.75, 3.05) is 20.2 Å². The third kappa shape index (κ3) is 3.28. The first-order chi connectivity index (χ1) is 12.0. The topological polar surface area (TPSA) is 90.4 Å². The lowest BCUT2D eigenvalue weighted by Crippen LogP contribution is -2.32. The van der Waals surface area contributed by atoms with Crippen LogP contribution in [0.25, 0.3) is 5.69 Å². The Morgan fingerprint density at radius 2 is 2.00 bits per heavy atom. The molecule has 2 aromatic rings. The van der Waals surface area contributed by atoms with Gasteiger partial charge in [-0.05, 0) is 18.1 Å². The molecule has 0 unspecified atom stereocenters. The summed E-state index contributed by atoms with van der Waals surface area (Å²) in [6.45, 7) is 3.05. The minimum Gasteiger partial charge on any atom is -0.378 e. The normalized spacial score (nSPS) is 20.0. The molecule has 0 bridgehead atoms. The van der Waals surface area contributed by atoms with Gasteiger partial charge in [-0.25, -0.2) is 4.68 Å². The third-order valence-corrected chi connectivity index (χ3v) is 4.65. The molecule has 3 rings (SSSR count). The van der Waals surface area contributed by atoms with E-state index < -0.39 is 0 Å². The Bertz CT molecular complexity index is 772. The van der Waals surface area contributed by atoms with Gasteiger partial charge in [-0.15, -0.1) is 0 Å². The van der Waals surface area contributed by atoms with Crippen LogP contribution in [0.15, 0.2) is 36.5 Å². The monoisotopic (exact) mass is 342 g/mol. The summed E-state index contributed by atoms with van der Waals surface area (Å²) >= 11 is 0. The summed E-state index contributed by atoms with van der Waals surface area (Å²) in [4.78, 5) is 26.2. The Morgan fingerprint density at radius 3 is 2.60 bits per heavy atom. The maximum absolute atomic E-state index is 13.0. The van der Waals surface area contributed by atoms with E-state index in [9.17, 15) is 9.59 Å². The molecule has 7 heteroatoms. The van der Waals surface area contributed by atoms with Gasteiger partial charge >= 0.3 is 0 Å². The second-order valence-electron chi connectivity index (χ2n) is 6.38. The first kappa shape index (κ1) is 17.2. The van der Waals surface area contributed by atoms with Crippen molar-refractivity contribution in [2.24, 2.45) is 17.6 Å². The van der Waals surface area contributed by atoms with Crippen LogP contribution in [-0.4, -0.2) is 46.7 Å². The zero-order chi connectivity index (χ0) is 18.0. The molecule has 2 amide bonds. The minimum atomic E-state index is -0.361. The predicted octanol–water partition coefficient (Wildman–Crippen LogP) is 1.21. The van der Waals surface area contributed by atoms with Gasteiger partial charge in [0.2, 0.25) is 5.91 Å². The minimum absolute atomic E-state index is 0.0523. The second kappa shape index (κ2) is 7.06. The number of nitrogens with two attached hydrogens (primary N) is 1. The molecule has 1 aromatic carbocycles. The van der Waals surface area contributed by atoms with Gasteiger partial charge in [-0.1, -0.05) is 25.1 Å². The van der Waals surface area contributed by atoms with Crippen LogP contribution in [0, 0.1) is 11.8 Å². The zero-order valence-corrected chi connectivity index (χ0v) is 14.4. The zero-order valence-electron chi connectivity index (χ0n) is 14.4. The van der Waals surface area contributed by atoms with Crippen LogP contribution in [0.4, 0.5) is 0 Å². The SMILES string of the molecule is COCc1c(C(=O)N2C[C@@H](C)[C@H](C(N)=O)C2)cnn1-c1ccccc1. The third-order valence-electron chi connectivity index (χ3n) is 4.65. The smallest absolute Gasteiger partial charge is 0.257 e. The van der Waals surface area contributed by atoms with Gasteiger partial charge in [0, 0.05) is 20.2 Å². The molecule has 1 aliphatic heterocycles. The molecule has 1 fully saturated rings. The maximum Gasteiger partial charge on any atom is 0.257 e. The lowest BCUT2D eigenvalue weighted by molar-refractivity contribution is -0.122. The fraction of sp³-hybridized carbons (Fsp3) is 0.389. The van der Waals surface area contributed by atoms with Crippen LogP contribution in [0.3, 0.4) is 0 Å². The molecule has 7 nitrogen and oxygen atoms in total. The highest BCUT2D eigenvalue weighted by Gasteiger charge is 2.37. The van der Waals surface area contributed by atoms with E-state index >= 15 is 0 Å². The number of aromatic nitrogens is 2. The molecule has 25 heavy (non-hydrogen) atoms. The molecule has 0 spiro atoms. The van der Waals surface area contributed by atoms with Crippen molar-refractivity contribution >= 4 is 11.8 Å². The number of primary amides is 1. The first-order valence-electron chi connectivity index (χ1n) is 8.22. The number of rotatable bonds is 5. The quantitative estimate of drug-likeness (QED) is 0.884. The van der Waals surface area contributed by atoms with Gasteiger partial charge in [0.05, 0.1) is 35.7 Å². The summed E-state index contributed by atoms with van der Waals surface area (Å²) in [7, 11) is 1.58. The largest absolute Gasteiger partial charge is 0.378 e. The summed E-state index contributed by atoms with van der Waals surface area (Å²) in [5.41, 5.74) is 7.47. The predicted molar refractivity (Wildman–Crippen MR) is 92.0 cm³/mol. The van der Waals surface area contributed by atoms with E-state index in [0.29, 0.717) is 24.3 Å². The van der Waals surface area contributed by atoms with Crippen LogP contribution < -0.4 is 5.73 Å². The molecule has 0 aliphatic carbocycles. The van der Waals surface area contributed by atoms with Crippen molar-refractivity contribution in [3.63, 3.8) is 0 Å². The molecule has 2 heterocycles. The highest BCUT2D eigenvalue weighted by atomic mass is 16.5. The number of nitrogens with zero attached hydrogens (tertiary/aromatic N) is 3. The molecular formula is C18H22N4O3. The Labute approximate surface area is 146 Å². The Balaban J connectivity index is 1.91. The van der Waals surface area contributed by atoms with Crippen molar-refractivity contribution < 1.29 is 14.3 Å². The molecule has 1 aromatic heterocycles. The molecule has 2 atom stereocenters. The summed E-state index contributed by atoms with van der Waals surface area (Å²) < 4.78 is 6.99. The van der Waals surface area contributed by atoms with Gasteiger partial charge in [0.1, 0.15) is 0 Å². The lowest BCUT2D eigenvalue weighted by Gasteiger charge is -2.16. The second-order valence-corrected chi connectivity index (χ2v) is 6.38. The van der Waals surface area contributed by atoms with E-state index in [1.54, 1.807) is 22.9 Å².